The van der Waals surface area contributed by atoms with E-state index in [1.165, 1.54) is 50.5 Å². The quantitative estimate of drug-likeness (QED) is 0.237. The number of carbonyl (C=O) groups excluding carboxylic acids is 1. The van der Waals surface area contributed by atoms with Gasteiger partial charge in [0.2, 0.25) is 11.8 Å². The summed E-state index contributed by atoms with van der Waals surface area (Å²) in [5.41, 5.74) is -0.977. The number of hydrogen-bond donors (Lipinski definition) is 3. The van der Waals surface area contributed by atoms with E-state index < -0.39 is 34.7 Å². The minimum Gasteiger partial charge on any atom is -0.494 e. The molecular formula is C28H28BrN5O7S2. The molecule has 2 aromatic carbocycles. The second kappa shape index (κ2) is 12.6. The van der Waals surface area contributed by atoms with Gasteiger partial charge < -0.3 is 25.0 Å². The number of anilines is 1. The Morgan fingerprint density at radius 1 is 0.907 bits per heavy atom. The van der Waals surface area contributed by atoms with E-state index in [1.807, 2.05) is 6.07 Å². The zero-order chi connectivity index (χ0) is 31.7. The molecule has 43 heavy (non-hydrogen) atoms. The number of rotatable bonds is 8. The van der Waals surface area contributed by atoms with Crippen LogP contribution in [0, 0.1) is 9.54 Å². The van der Waals surface area contributed by atoms with Gasteiger partial charge in [-0.25, -0.2) is 0 Å². The Morgan fingerprint density at radius 2 is 1.42 bits per heavy atom. The normalized spacial score (nSPS) is 11.0. The Kier molecular flexibility index (Phi) is 9.27. The van der Waals surface area contributed by atoms with Crippen LogP contribution in [0.25, 0.3) is 0 Å². The van der Waals surface area contributed by atoms with Gasteiger partial charge in [0.1, 0.15) is 0 Å². The molecule has 0 unspecified atom stereocenters. The van der Waals surface area contributed by atoms with Crippen molar-refractivity contribution in [2.75, 3.05) is 19.0 Å². The molecule has 0 spiro atoms. The molecule has 15 heteroatoms. The van der Waals surface area contributed by atoms with Gasteiger partial charge in [-0.15, -0.1) is 0 Å². The van der Waals surface area contributed by atoms with Gasteiger partial charge in [-0.05, 0) is 70.2 Å². The molecule has 0 bridgehead atoms. The van der Waals surface area contributed by atoms with E-state index in [1.54, 1.807) is 30.3 Å². The number of ether oxygens (including phenoxy) is 2. The number of aromatic hydroxyl groups is 2. The molecule has 12 nitrogen and oxygen atoms in total. The molecule has 0 aliphatic heterocycles. The summed E-state index contributed by atoms with van der Waals surface area (Å²) in [5.74, 6) is -2.45. The number of halogens is 1. The van der Waals surface area contributed by atoms with Crippen LogP contribution in [-0.4, -0.2) is 48.1 Å². The zero-order valence-electron chi connectivity index (χ0n) is 23.7. The fourth-order valence-electron chi connectivity index (χ4n) is 4.60. The molecule has 0 aliphatic carbocycles. The predicted molar refractivity (Wildman–Crippen MR) is 169 cm³/mol. The lowest BCUT2D eigenvalue weighted by molar-refractivity contribution is -0.118. The van der Waals surface area contributed by atoms with Crippen LogP contribution in [-0.2, 0) is 33.0 Å². The van der Waals surface area contributed by atoms with Crippen molar-refractivity contribution in [2.45, 2.75) is 5.92 Å². The van der Waals surface area contributed by atoms with Crippen LogP contribution in [0.15, 0.2) is 56.5 Å². The maximum absolute atomic E-state index is 13.6. The van der Waals surface area contributed by atoms with Gasteiger partial charge >= 0.3 is 0 Å². The molecule has 2 heterocycles. The summed E-state index contributed by atoms with van der Waals surface area (Å²) in [6.45, 7) is -0.360. The Morgan fingerprint density at radius 3 is 1.91 bits per heavy atom. The van der Waals surface area contributed by atoms with Gasteiger partial charge in [-0.2, -0.15) is 0 Å². The first kappa shape index (κ1) is 31.7. The average Bonchev–Trinajstić information content (AvgIpc) is 2.99. The largest absolute Gasteiger partial charge is 0.494 e. The third kappa shape index (κ3) is 5.87. The van der Waals surface area contributed by atoms with Gasteiger partial charge in [0, 0.05) is 33.9 Å². The van der Waals surface area contributed by atoms with Gasteiger partial charge in [0.05, 0.1) is 28.6 Å². The first-order chi connectivity index (χ1) is 20.3. The van der Waals surface area contributed by atoms with E-state index >= 15 is 0 Å². The zero-order valence-corrected chi connectivity index (χ0v) is 27.0. The topological polar surface area (TPSA) is 142 Å². The molecule has 2 aromatic heterocycles. The molecule has 0 saturated carbocycles. The number of para-hydroxylation sites is 1. The number of aromatic nitrogens is 4. The fraction of sp³-hybridized carbons (Fsp3) is 0.250. The minimum absolute atomic E-state index is 0.0323. The van der Waals surface area contributed by atoms with Crippen molar-refractivity contribution in [3.05, 3.63) is 93.9 Å². The molecule has 4 aromatic rings. The van der Waals surface area contributed by atoms with Crippen molar-refractivity contribution in [3.63, 3.8) is 0 Å². The summed E-state index contributed by atoms with van der Waals surface area (Å²) in [6, 6.07) is 11.9. The monoisotopic (exact) mass is 689 g/mol. The Bertz CT molecular complexity index is 1900. The number of benzene rings is 2. The predicted octanol–water partition coefficient (Wildman–Crippen LogP) is 3.60. The molecule has 0 atom stereocenters. The van der Waals surface area contributed by atoms with Gasteiger partial charge in [-0.3, -0.25) is 32.7 Å². The van der Waals surface area contributed by atoms with Crippen molar-refractivity contribution >= 4 is 52.0 Å². The summed E-state index contributed by atoms with van der Waals surface area (Å²) >= 11 is 14.0. The van der Waals surface area contributed by atoms with Crippen molar-refractivity contribution in [3.8, 4) is 23.3 Å². The maximum Gasteiger partial charge on any atom is 0.262 e. The highest BCUT2D eigenvalue weighted by Crippen LogP contribution is 2.43. The third-order valence-electron chi connectivity index (χ3n) is 6.90. The Hall–Kier alpha value is -4.21. The molecule has 1 amide bonds. The van der Waals surface area contributed by atoms with E-state index in [0.717, 1.165) is 9.13 Å². The second-order valence-electron chi connectivity index (χ2n) is 9.56. The Labute approximate surface area is 264 Å². The first-order valence-electron chi connectivity index (χ1n) is 12.6. The van der Waals surface area contributed by atoms with E-state index in [4.69, 9.17) is 33.9 Å². The highest BCUT2D eigenvalue weighted by molar-refractivity contribution is 9.10. The second-order valence-corrected chi connectivity index (χ2v) is 11.1. The number of carbonyl (C=O) groups is 1. The SMILES string of the molecule is COc1cc(C(c2c(O)n(C)c(=S)n(C)c2=O)c2c(O)n(C)c(=S)n(C)c2=O)cc(Br)c1OCC(=O)Nc1ccccc1. The number of nitrogens with zero attached hydrogens (tertiary/aromatic N) is 4. The Balaban J connectivity index is 1.93. The number of methoxy groups -OCH3 is 1. The first-order valence-corrected chi connectivity index (χ1v) is 14.2. The van der Waals surface area contributed by atoms with Crippen LogP contribution in [0.3, 0.4) is 0 Å². The van der Waals surface area contributed by atoms with Crippen LogP contribution in [0.4, 0.5) is 5.69 Å². The molecule has 3 N–H and O–H groups in total. The molecule has 4 rings (SSSR count). The van der Waals surface area contributed by atoms with Crippen LogP contribution in [0.5, 0.6) is 23.3 Å². The van der Waals surface area contributed by atoms with Crippen molar-refractivity contribution in [1.29, 1.82) is 0 Å². The van der Waals surface area contributed by atoms with E-state index in [2.05, 4.69) is 21.2 Å². The van der Waals surface area contributed by atoms with Gasteiger partial charge in [0.15, 0.2) is 27.6 Å². The van der Waals surface area contributed by atoms with Gasteiger partial charge in [-0.1, -0.05) is 18.2 Å². The van der Waals surface area contributed by atoms with Crippen LogP contribution < -0.4 is 25.9 Å². The summed E-state index contributed by atoms with van der Waals surface area (Å²) in [4.78, 5) is 39.8. The summed E-state index contributed by atoms with van der Waals surface area (Å²) in [6.07, 6.45) is 0. The van der Waals surface area contributed by atoms with Gasteiger partial charge in [0.25, 0.3) is 17.0 Å². The number of amides is 1. The van der Waals surface area contributed by atoms with Crippen LogP contribution in [0.1, 0.15) is 22.6 Å². The average molecular weight is 691 g/mol. The van der Waals surface area contributed by atoms with Crippen LogP contribution in [0.2, 0.25) is 0 Å². The lowest BCUT2D eigenvalue weighted by Gasteiger charge is -2.24. The lowest BCUT2D eigenvalue weighted by atomic mass is 9.86. The standard InChI is InChI=1S/C28H28BrN5O7S2/c1-31-23(36)20(24(37)32(2)27(31)42)19(21-25(38)33(3)28(43)34(4)26(21)39)14-11-16(29)22(17(12-14)40-5)41-13-18(35)30-15-9-7-6-8-10-15/h6-12,19,36,38H,13H2,1-5H3,(H,30,35). The van der Waals surface area contributed by atoms with Crippen LogP contribution >= 0.6 is 40.4 Å². The molecule has 0 fully saturated rings. The third-order valence-corrected chi connectivity index (χ3v) is 8.59. The fourth-order valence-corrected chi connectivity index (χ4v) is 5.52. The summed E-state index contributed by atoms with van der Waals surface area (Å²) in [5, 5.41) is 25.2. The molecular weight excluding hydrogens is 662 g/mol. The van der Waals surface area contributed by atoms with Crippen molar-refractivity contribution in [2.24, 2.45) is 28.2 Å². The highest BCUT2D eigenvalue weighted by atomic mass is 79.9. The number of nitrogens with one attached hydrogen (secondary N) is 1. The van der Waals surface area contributed by atoms with Crippen molar-refractivity contribution < 1.29 is 24.5 Å². The molecule has 0 aliphatic rings. The van der Waals surface area contributed by atoms with E-state index in [9.17, 15) is 24.6 Å². The smallest absolute Gasteiger partial charge is 0.262 e. The summed E-state index contributed by atoms with van der Waals surface area (Å²) in [7, 11) is 7.18. The van der Waals surface area contributed by atoms with E-state index in [-0.39, 0.29) is 44.3 Å². The summed E-state index contributed by atoms with van der Waals surface area (Å²) < 4.78 is 16.5. The minimum atomic E-state index is -1.33. The number of hydrogen-bond acceptors (Lipinski definition) is 9. The molecule has 0 radical (unpaired) electrons. The highest BCUT2D eigenvalue weighted by Gasteiger charge is 2.33. The molecule has 226 valence electrons. The van der Waals surface area contributed by atoms with Crippen molar-refractivity contribution in [1.82, 2.24) is 18.3 Å². The maximum atomic E-state index is 13.6. The van der Waals surface area contributed by atoms with E-state index in [0.29, 0.717) is 10.2 Å². The molecule has 0 saturated heterocycles. The lowest BCUT2D eigenvalue weighted by Crippen LogP contribution is -2.33.